The molecule has 46 valence electrons. The number of allylic oxidation sites excluding steroid dienone is 1. The summed E-state index contributed by atoms with van der Waals surface area (Å²) in [6.45, 7) is 9.94. The molecule has 0 aromatic heterocycles. The van der Waals surface area contributed by atoms with Gasteiger partial charge in [-0.05, 0) is 5.20 Å². The molecule has 0 aliphatic carbocycles. The molecule has 0 radical (unpaired) electrons. The molecule has 0 saturated heterocycles. The first kappa shape index (κ1) is 7.63. The van der Waals surface area contributed by atoms with Gasteiger partial charge in [0.05, 0.1) is 8.07 Å². The first-order valence-electron chi connectivity index (χ1n) is 2.63. The van der Waals surface area contributed by atoms with Crippen LogP contribution in [0.1, 0.15) is 0 Å². The van der Waals surface area contributed by atoms with Gasteiger partial charge in [-0.15, -0.1) is 0 Å². The second-order valence-electron chi connectivity index (χ2n) is 2.89. The molecule has 0 amide bonds. The zero-order chi connectivity index (χ0) is 6.78. The number of carbonyl (C=O) groups excluding carboxylic acids is 1. The van der Waals surface area contributed by atoms with E-state index in [4.69, 9.17) is 0 Å². The highest BCUT2D eigenvalue weighted by molar-refractivity contribution is 6.86. The van der Waals surface area contributed by atoms with Gasteiger partial charge in [0, 0.05) is 0 Å². The topological polar surface area (TPSA) is 17.1 Å². The summed E-state index contributed by atoms with van der Waals surface area (Å²) in [4.78, 5) is 10.1. The maximum Gasteiger partial charge on any atom is 0.141 e. The van der Waals surface area contributed by atoms with Crippen molar-refractivity contribution in [3.05, 3.63) is 11.8 Å². The van der Waals surface area contributed by atoms with Crippen molar-refractivity contribution in [1.82, 2.24) is 0 Å². The van der Waals surface area contributed by atoms with Gasteiger partial charge in [-0.1, -0.05) is 26.2 Å². The highest BCUT2D eigenvalue weighted by Gasteiger charge is 2.15. The number of hydrogen-bond acceptors (Lipinski definition) is 1. The Kier molecular flexibility index (Phi) is 2.16. The molecule has 0 aromatic rings. The van der Waals surface area contributed by atoms with Crippen LogP contribution in [0.2, 0.25) is 19.6 Å². The van der Waals surface area contributed by atoms with E-state index in [0.717, 1.165) is 11.5 Å². The summed E-state index contributed by atoms with van der Waals surface area (Å²) in [5.41, 5.74) is 0. The fraction of sp³-hybridized carbons (Fsp3) is 0.500. The Hall–Kier alpha value is -0.373. The third-order valence-corrected chi connectivity index (χ3v) is 3.15. The Morgan fingerprint density at radius 2 is 1.88 bits per heavy atom. The van der Waals surface area contributed by atoms with Crippen LogP contribution < -0.4 is 0 Å². The first-order chi connectivity index (χ1) is 3.48. The predicted molar refractivity (Wildman–Crippen MR) is 38.6 cm³/mol. The fourth-order valence-corrected chi connectivity index (χ4v) is 0.530. The molecule has 0 aliphatic rings. The van der Waals surface area contributed by atoms with Gasteiger partial charge in [0.2, 0.25) is 0 Å². The van der Waals surface area contributed by atoms with Crippen molar-refractivity contribution in [1.29, 1.82) is 0 Å². The van der Waals surface area contributed by atoms with Crippen LogP contribution >= 0.6 is 0 Å². The van der Waals surface area contributed by atoms with Crippen molar-refractivity contribution >= 4 is 14.4 Å². The Balaban J connectivity index is 4.02. The SMILES string of the molecule is C=C(C=O)[Si](C)(C)C. The van der Waals surface area contributed by atoms with Crippen molar-refractivity contribution in [2.75, 3.05) is 0 Å². The lowest BCUT2D eigenvalue weighted by atomic mass is 10.7. The molecule has 0 bridgehead atoms. The molecule has 0 fully saturated rings. The number of hydrogen-bond donors (Lipinski definition) is 0. The molecule has 0 rings (SSSR count). The van der Waals surface area contributed by atoms with Gasteiger partial charge >= 0.3 is 0 Å². The lowest BCUT2D eigenvalue weighted by molar-refractivity contribution is -0.104. The molecule has 0 aromatic carbocycles. The summed E-state index contributed by atoms with van der Waals surface area (Å²) in [6.07, 6.45) is 0.867. The largest absolute Gasteiger partial charge is 0.299 e. The summed E-state index contributed by atoms with van der Waals surface area (Å²) < 4.78 is 0. The van der Waals surface area contributed by atoms with Gasteiger partial charge in [0.25, 0.3) is 0 Å². The van der Waals surface area contributed by atoms with E-state index in [9.17, 15) is 4.79 Å². The third kappa shape index (κ3) is 2.07. The zero-order valence-corrected chi connectivity index (χ0v) is 6.69. The van der Waals surface area contributed by atoms with Crippen molar-refractivity contribution in [2.24, 2.45) is 0 Å². The predicted octanol–water partition coefficient (Wildman–Crippen LogP) is 1.62. The molecule has 0 heterocycles. The molecule has 2 heteroatoms. The molecule has 8 heavy (non-hydrogen) atoms. The standard InChI is InChI=1S/C6H12OSi/c1-6(5-7)8(2,3)4/h5H,1H2,2-4H3. The molecular weight excluding hydrogens is 116 g/mol. The van der Waals surface area contributed by atoms with Crippen LogP contribution in [0, 0.1) is 0 Å². The van der Waals surface area contributed by atoms with Gasteiger partial charge in [0.1, 0.15) is 6.29 Å². The summed E-state index contributed by atoms with van der Waals surface area (Å²) in [5, 5.41) is 0.789. The second-order valence-corrected chi connectivity index (χ2v) is 8.04. The van der Waals surface area contributed by atoms with Crippen LogP contribution in [0.15, 0.2) is 11.8 Å². The molecule has 0 unspecified atom stereocenters. The van der Waals surface area contributed by atoms with Gasteiger partial charge in [-0.25, -0.2) is 0 Å². The Morgan fingerprint density at radius 3 is 1.88 bits per heavy atom. The van der Waals surface area contributed by atoms with Crippen LogP contribution in [-0.4, -0.2) is 14.4 Å². The molecule has 1 nitrogen and oxygen atoms in total. The highest BCUT2D eigenvalue weighted by atomic mass is 28.3. The minimum Gasteiger partial charge on any atom is -0.299 e. The van der Waals surface area contributed by atoms with Crippen LogP contribution in [0.3, 0.4) is 0 Å². The quantitative estimate of drug-likeness (QED) is 0.314. The molecule has 0 N–H and O–H groups in total. The minimum absolute atomic E-state index is 0.789. The summed E-state index contributed by atoms with van der Waals surface area (Å²) in [5.74, 6) is 0. The van der Waals surface area contributed by atoms with E-state index in [0.29, 0.717) is 0 Å². The average Bonchev–Trinajstić information content (AvgIpc) is 1.62. The van der Waals surface area contributed by atoms with E-state index in [1.165, 1.54) is 0 Å². The highest BCUT2D eigenvalue weighted by Crippen LogP contribution is 2.08. The van der Waals surface area contributed by atoms with Crippen molar-refractivity contribution in [3.63, 3.8) is 0 Å². The van der Waals surface area contributed by atoms with Crippen LogP contribution in [-0.2, 0) is 4.79 Å². The fourth-order valence-electron chi connectivity index (χ4n) is 0.177. The van der Waals surface area contributed by atoms with Crippen LogP contribution in [0.5, 0.6) is 0 Å². The Labute approximate surface area is 51.4 Å². The summed E-state index contributed by atoms with van der Waals surface area (Å²) in [6, 6.07) is 0. The zero-order valence-electron chi connectivity index (χ0n) is 5.69. The Bertz CT molecular complexity index is 110. The first-order valence-corrected chi connectivity index (χ1v) is 6.13. The number of rotatable bonds is 2. The normalized spacial score (nSPS) is 10.9. The maximum atomic E-state index is 10.1. The third-order valence-electron chi connectivity index (χ3n) is 1.11. The van der Waals surface area contributed by atoms with Crippen LogP contribution in [0.4, 0.5) is 0 Å². The summed E-state index contributed by atoms with van der Waals surface area (Å²) >= 11 is 0. The molecule has 0 aliphatic heterocycles. The monoisotopic (exact) mass is 128 g/mol. The van der Waals surface area contributed by atoms with Crippen molar-refractivity contribution in [2.45, 2.75) is 19.6 Å². The number of carbonyl (C=O) groups is 1. The van der Waals surface area contributed by atoms with Gasteiger partial charge in [-0.3, -0.25) is 4.79 Å². The van der Waals surface area contributed by atoms with Crippen molar-refractivity contribution in [3.8, 4) is 0 Å². The minimum atomic E-state index is -1.32. The van der Waals surface area contributed by atoms with Crippen LogP contribution in [0.25, 0.3) is 0 Å². The molecule has 0 atom stereocenters. The summed E-state index contributed by atoms with van der Waals surface area (Å²) in [7, 11) is -1.32. The van der Waals surface area contributed by atoms with E-state index < -0.39 is 8.07 Å². The van der Waals surface area contributed by atoms with E-state index >= 15 is 0 Å². The average molecular weight is 128 g/mol. The maximum absolute atomic E-state index is 10.1. The van der Waals surface area contributed by atoms with Gasteiger partial charge < -0.3 is 0 Å². The van der Waals surface area contributed by atoms with Gasteiger partial charge in [-0.2, -0.15) is 0 Å². The van der Waals surface area contributed by atoms with Crippen molar-refractivity contribution < 1.29 is 4.79 Å². The van der Waals surface area contributed by atoms with E-state index in [1.807, 2.05) is 0 Å². The molecular formula is C6H12OSi. The smallest absolute Gasteiger partial charge is 0.141 e. The second kappa shape index (κ2) is 2.26. The lowest BCUT2D eigenvalue weighted by Crippen LogP contribution is -2.23. The van der Waals surface area contributed by atoms with Gasteiger partial charge in [0.15, 0.2) is 0 Å². The van der Waals surface area contributed by atoms with E-state index in [1.54, 1.807) is 0 Å². The lowest BCUT2D eigenvalue weighted by Gasteiger charge is -2.12. The molecule has 0 saturated carbocycles. The van der Waals surface area contributed by atoms with E-state index in [2.05, 4.69) is 26.2 Å². The number of aldehydes is 1. The van der Waals surface area contributed by atoms with E-state index in [-0.39, 0.29) is 0 Å². The Morgan fingerprint density at radius 1 is 1.50 bits per heavy atom. The molecule has 0 spiro atoms.